The molecule has 0 aliphatic rings. The quantitative estimate of drug-likeness (QED) is 0.865. The van der Waals surface area contributed by atoms with E-state index in [0.717, 1.165) is 5.56 Å². The van der Waals surface area contributed by atoms with Gasteiger partial charge in [-0.05, 0) is 22.0 Å². The Balaban J connectivity index is 3.23. The average molecular weight is 242 g/mol. The van der Waals surface area contributed by atoms with Crippen molar-refractivity contribution in [2.45, 2.75) is 6.42 Å². The molecule has 1 aromatic rings. The van der Waals surface area contributed by atoms with Gasteiger partial charge in [0.15, 0.2) is 0 Å². The van der Waals surface area contributed by atoms with E-state index in [4.69, 9.17) is 10.00 Å². The Morgan fingerprint density at radius 1 is 1.62 bits per heavy atom. The predicted molar refractivity (Wildman–Crippen MR) is 51.7 cm³/mol. The third kappa shape index (κ3) is 1.93. The summed E-state index contributed by atoms with van der Waals surface area (Å²) in [6.07, 6.45) is 0.266. The molecule has 1 aromatic carbocycles. The van der Waals surface area contributed by atoms with Gasteiger partial charge >= 0.3 is 0 Å². The van der Waals surface area contributed by atoms with Gasteiger partial charge in [-0.25, -0.2) is 0 Å². The lowest BCUT2D eigenvalue weighted by molar-refractivity contribution is 0.399. The maximum Gasteiger partial charge on any atom is 0.141 e. The lowest BCUT2D eigenvalue weighted by Crippen LogP contribution is -1.92. The summed E-state index contributed by atoms with van der Waals surface area (Å²) < 4.78 is 5.54. The van der Waals surface area contributed by atoms with E-state index < -0.39 is 0 Å². The average Bonchev–Trinajstić information content (AvgIpc) is 2.12. The summed E-state index contributed by atoms with van der Waals surface area (Å²) in [7, 11) is 1.50. The molecule has 3 nitrogen and oxygen atoms in total. The highest BCUT2D eigenvalue weighted by atomic mass is 79.9. The number of nitriles is 1. The van der Waals surface area contributed by atoms with E-state index in [9.17, 15) is 5.11 Å². The molecule has 0 spiro atoms. The maximum atomic E-state index is 9.31. The lowest BCUT2D eigenvalue weighted by Gasteiger charge is -2.08. The van der Waals surface area contributed by atoms with Gasteiger partial charge in [-0.2, -0.15) is 5.26 Å². The molecular weight excluding hydrogens is 234 g/mol. The molecule has 1 N–H and O–H groups in total. The van der Waals surface area contributed by atoms with Crippen LogP contribution in [0.1, 0.15) is 5.56 Å². The zero-order chi connectivity index (χ0) is 9.84. The van der Waals surface area contributed by atoms with E-state index in [1.54, 1.807) is 6.07 Å². The molecule has 0 amide bonds. The van der Waals surface area contributed by atoms with Crippen molar-refractivity contribution in [3.8, 4) is 17.6 Å². The monoisotopic (exact) mass is 241 g/mol. The van der Waals surface area contributed by atoms with Crippen molar-refractivity contribution in [2.75, 3.05) is 7.11 Å². The number of phenols is 1. The van der Waals surface area contributed by atoms with Gasteiger partial charge in [0, 0.05) is 5.56 Å². The summed E-state index contributed by atoms with van der Waals surface area (Å²) >= 11 is 3.18. The van der Waals surface area contributed by atoms with Crippen molar-refractivity contribution >= 4 is 15.9 Å². The van der Waals surface area contributed by atoms with Crippen LogP contribution in [0.3, 0.4) is 0 Å². The second kappa shape index (κ2) is 4.15. The van der Waals surface area contributed by atoms with E-state index in [1.807, 2.05) is 6.07 Å². The zero-order valence-electron chi connectivity index (χ0n) is 7.04. The molecular formula is C9H8BrNO2. The van der Waals surface area contributed by atoms with E-state index >= 15 is 0 Å². The maximum absolute atomic E-state index is 9.31. The normalized spacial score (nSPS) is 9.31. The molecule has 0 atom stereocenters. The number of halogens is 1. The smallest absolute Gasteiger partial charge is 0.141 e. The summed E-state index contributed by atoms with van der Waals surface area (Å²) in [6, 6.07) is 5.22. The fourth-order valence-electron chi connectivity index (χ4n) is 1.03. The minimum Gasteiger partial charge on any atom is -0.507 e. The van der Waals surface area contributed by atoms with Gasteiger partial charge < -0.3 is 9.84 Å². The zero-order valence-corrected chi connectivity index (χ0v) is 8.63. The number of hydrogen-bond donors (Lipinski definition) is 1. The minimum atomic E-state index is 0.110. The first kappa shape index (κ1) is 9.87. The van der Waals surface area contributed by atoms with Crippen LogP contribution in [-0.2, 0) is 6.42 Å². The third-order valence-electron chi connectivity index (χ3n) is 1.63. The second-order valence-corrected chi connectivity index (χ2v) is 3.22. The summed E-state index contributed by atoms with van der Waals surface area (Å²) in [6.45, 7) is 0. The molecule has 0 unspecified atom stereocenters. The van der Waals surface area contributed by atoms with Crippen molar-refractivity contribution in [2.24, 2.45) is 0 Å². The molecule has 0 heterocycles. The van der Waals surface area contributed by atoms with E-state index in [0.29, 0.717) is 10.2 Å². The number of aromatic hydroxyl groups is 1. The van der Waals surface area contributed by atoms with E-state index in [2.05, 4.69) is 15.9 Å². The fraction of sp³-hybridized carbons (Fsp3) is 0.222. The van der Waals surface area contributed by atoms with Crippen LogP contribution >= 0.6 is 15.9 Å². The number of benzene rings is 1. The molecule has 13 heavy (non-hydrogen) atoms. The SMILES string of the molecule is COc1c(CC#N)ccc(O)c1Br. The van der Waals surface area contributed by atoms with E-state index in [-0.39, 0.29) is 12.2 Å². The standard InChI is InChI=1S/C9H8BrNO2/c1-13-9-6(4-5-11)2-3-7(12)8(9)10/h2-3,12H,4H2,1H3. The molecule has 0 fully saturated rings. The van der Waals surface area contributed by atoms with Gasteiger partial charge in [0.05, 0.1) is 19.6 Å². The van der Waals surface area contributed by atoms with Gasteiger partial charge in [-0.15, -0.1) is 0 Å². The molecule has 0 saturated carbocycles. The molecule has 0 saturated heterocycles. The molecule has 0 aromatic heterocycles. The van der Waals surface area contributed by atoms with Crippen molar-refractivity contribution in [1.82, 2.24) is 0 Å². The van der Waals surface area contributed by atoms with Gasteiger partial charge in [-0.3, -0.25) is 0 Å². The van der Waals surface area contributed by atoms with Crippen LogP contribution in [0.15, 0.2) is 16.6 Å². The largest absolute Gasteiger partial charge is 0.507 e. The topological polar surface area (TPSA) is 53.2 Å². The number of methoxy groups -OCH3 is 1. The summed E-state index contributed by atoms with van der Waals surface area (Å²) in [4.78, 5) is 0. The minimum absolute atomic E-state index is 0.110. The van der Waals surface area contributed by atoms with Crippen LogP contribution in [0, 0.1) is 11.3 Å². The van der Waals surface area contributed by atoms with E-state index in [1.165, 1.54) is 13.2 Å². The highest BCUT2D eigenvalue weighted by Crippen LogP contribution is 2.36. The Kier molecular flexibility index (Phi) is 3.15. The van der Waals surface area contributed by atoms with Crippen LogP contribution < -0.4 is 4.74 Å². The molecule has 0 bridgehead atoms. The lowest BCUT2D eigenvalue weighted by atomic mass is 10.1. The first-order valence-corrected chi connectivity index (χ1v) is 4.41. The van der Waals surface area contributed by atoms with Crippen LogP contribution in [0.2, 0.25) is 0 Å². The second-order valence-electron chi connectivity index (χ2n) is 2.43. The van der Waals surface area contributed by atoms with Crippen LogP contribution in [0.5, 0.6) is 11.5 Å². The Labute approximate surface area is 84.7 Å². The Morgan fingerprint density at radius 2 is 2.31 bits per heavy atom. The number of phenolic OH excluding ortho intramolecular Hbond substituents is 1. The summed E-state index contributed by atoms with van der Waals surface area (Å²) in [5.41, 5.74) is 0.759. The van der Waals surface area contributed by atoms with Crippen molar-refractivity contribution < 1.29 is 9.84 Å². The van der Waals surface area contributed by atoms with Crippen molar-refractivity contribution in [3.05, 3.63) is 22.2 Å². The Hall–Kier alpha value is -1.21. The van der Waals surface area contributed by atoms with Crippen molar-refractivity contribution in [3.63, 3.8) is 0 Å². The number of rotatable bonds is 2. The highest BCUT2D eigenvalue weighted by molar-refractivity contribution is 9.10. The molecule has 0 radical (unpaired) electrons. The molecule has 0 aliphatic heterocycles. The van der Waals surface area contributed by atoms with Gasteiger partial charge in [0.25, 0.3) is 0 Å². The fourth-order valence-corrected chi connectivity index (χ4v) is 1.58. The van der Waals surface area contributed by atoms with Crippen molar-refractivity contribution in [1.29, 1.82) is 5.26 Å². The van der Waals surface area contributed by atoms with Gasteiger partial charge in [0.1, 0.15) is 16.0 Å². The number of nitrogens with zero attached hydrogens (tertiary/aromatic N) is 1. The predicted octanol–water partition coefficient (Wildman–Crippen LogP) is 2.23. The van der Waals surface area contributed by atoms with Gasteiger partial charge in [0.2, 0.25) is 0 Å². The Morgan fingerprint density at radius 3 is 2.85 bits per heavy atom. The first-order valence-electron chi connectivity index (χ1n) is 3.62. The first-order chi connectivity index (χ1) is 6.20. The van der Waals surface area contributed by atoms with Crippen LogP contribution in [-0.4, -0.2) is 12.2 Å². The third-order valence-corrected chi connectivity index (χ3v) is 2.40. The molecule has 68 valence electrons. The molecule has 4 heteroatoms. The molecule has 1 rings (SSSR count). The summed E-state index contributed by atoms with van der Waals surface area (Å²) in [5, 5.41) is 17.8. The number of ether oxygens (including phenoxy) is 1. The van der Waals surface area contributed by atoms with Crippen LogP contribution in [0.4, 0.5) is 0 Å². The molecule has 0 aliphatic carbocycles. The highest BCUT2D eigenvalue weighted by Gasteiger charge is 2.10. The Bertz CT molecular complexity index is 357. The number of hydrogen-bond acceptors (Lipinski definition) is 3. The summed E-state index contributed by atoms with van der Waals surface area (Å²) in [5.74, 6) is 0.625. The van der Waals surface area contributed by atoms with Gasteiger partial charge in [-0.1, -0.05) is 6.07 Å². The van der Waals surface area contributed by atoms with Crippen LogP contribution in [0.25, 0.3) is 0 Å².